The van der Waals surface area contributed by atoms with Gasteiger partial charge in [0.1, 0.15) is 0 Å². The Kier molecular flexibility index (Phi) is 4.12. The average molecular weight is 326 g/mol. The highest BCUT2D eigenvalue weighted by molar-refractivity contribution is 5.96. The molecule has 0 spiro atoms. The molecule has 0 saturated carbocycles. The van der Waals surface area contributed by atoms with Crippen molar-refractivity contribution in [1.82, 2.24) is 4.98 Å². The van der Waals surface area contributed by atoms with Crippen LogP contribution in [0.1, 0.15) is 0 Å². The number of alkyl halides is 7. The Morgan fingerprint density at radius 2 is 1.38 bits per heavy atom. The van der Waals surface area contributed by atoms with Crippen LogP contribution in [-0.2, 0) is 4.79 Å². The normalized spacial score (nSPS) is 13.2. The summed E-state index contributed by atoms with van der Waals surface area (Å²) in [5.41, 5.74) is -1.11. The van der Waals surface area contributed by atoms with E-state index in [-0.39, 0.29) is 12.1 Å². The lowest BCUT2D eigenvalue weighted by atomic mass is 10.1. The van der Waals surface area contributed by atoms with Crippen LogP contribution in [-0.4, -0.2) is 28.9 Å². The van der Waals surface area contributed by atoms with Crippen LogP contribution in [0.3, 0.4) is 0 Å². The summed E-state index contributed by atoms with van der Waals surface area (Å²) in [4.78, 5) is 13.3. The number of carbonyl (C=O) groups is 1. The molecule has 0 aliphatic carbocycles. The van der Waals surface area contributed by atoms with Gasteiger partial charge in [0.25, 0.3) is 0 Å². The van der Waals surface area contributed by atoms with Crippen molar-refractivity contribution in [3.63, 3.8) is 0 Å². The van der Waals surface area contributed by atoms with Gasteiger partial charge in [0.05, 0.1) is 0 Å². The van der Waals surface area contributed by atoms with Crippen LogP contribution >= 0.6 is 0 Å². The lowest BCUT2D eigenvalue weighted by molar-refractivity contribution is -0.343. The Hall–Kier alpha value is -2.01. The minimum atomic E-state index is -6.71. The van der Waals surface area contributed by atoms with Crippen LogP contribution in [0, 0.1) is 11.9 Å². The molecule has 12 heteroatoms. The second-order valence-corrected chi connectivity index (χ2v) is 3.60. The number of carbonyl (C=O) groups excluding carboxylic acids is 1. The summed E-state index contributed by atoms with van der Waals surface area (Å²) < 4.78 is 111. The van der Waals surface area contributed by atoms with Crippen molar-refractivity contribution in [2.75, 3.05) is 5.32 Å². The van der Waals surface area contributed by atoms with Gasteiger partial charge in [0.15, 0.2) is 0 Å². The quantitative estimate of drug-likeness (QED) is 0.685. The van der Waals surface area contributed by atoms with Crippen molar-refractivity contribution in [2.24, 2.45) is 0 Å². The van der Waals surface area contributed by atoms with Gasteiger partial charge < -0.3 is 5.32 Å². The van der Waals surface area contributed by atoms with Gasteiger partial charge in [-0.1, -0.05) is 0 Å². The first kappa shape index (κ1) is 17.0. The molecule has 0 unspecified atom stereocenters. The summed E-state index contributed by atoms with van der Waals surface area (Å²) in [5, 5.41) is 0.853. The lowest BCUT2D eigenvalue weighted by Gasteiger charge is -2.27. The van der Waals surface area contributed by atoms with E-state index in [4.69, 9.17) is 0 Å². The Morgan fingerprint density at radius 3 is 1.76 bits per heavy atom. The molecule has 3 nitrogen and oxygen atoms in total. The second kappa shape index (κ2) is 5.07. The van der Waals surface area contributed by atoms with Gasteiger partial charge in [-0.3, -0.25) is 4.79 Å². The van der Waals surface area contributed by atoms with E-state index in [1.54, 1.807) is 0 Å². The van der Waals surface area contributed by atoms with Crippen LogP contribution in [0.25, 0.3) is 0 Å². The highest BCUT2D eigenvalue weighted by Crippen LogP contribution is 2.46. The lowest BCUT2D eigenvalue weighted by Crippen LogP contribution is -2.57. The molecule has 0 radical (unpaired) electrons. The van der Waals surface area contributed by atoms with Crippen molar-refractivity contribution >= 4 is 11.6 Å². The summed E-state index contributed by atoms with van der Waals surface area (Å²) in [6, 6.07) is 0.283. The van der Waals surface area contributed by atoms with Crippen molar-refractivity contribution in [3.05, 3.63) is 24.0 Å². The van der Waals surface area contributed by atoms with Gasteiger partial charge in [-0.2, -0.15) is 44.5 Å². The third-order valence-corrected chi connectivity index (χ3v) is 2.06. The molecule has 1 amide bonds. The fourth-order valence-electron chi connectivity index (χ4n) is 1.07. The van der Waals surface area contributed by atoms with Gasteiger partial charge in [0, 0.05) is 17.8 Å². The molecule has 0 atom stereocenters. The average Bonchev–Trinajstić information content (AvgIpc) is 2.25. The minimum Gasteiger partial charge on any atom is -0.320 e. The number of anilines is 1. The zero-order valence-electron chi connectivity index (χ0n) is 9.41. The SMILES string of the molecule is O=C(Nc1cc(F)nc(F)c1)C(F)(F)C(F)(F)C(F)(F)F. The molecular formula is C9H3F9N2O. The topological polar surface area (TPSA) is 42.0 Å². The van der Waals surface area contributed by atoms with Crippen LogP contribution < -0.4 is 5.32 Å². The van der Waals surface area contributed by atoms with Crippen molar-refractivity contribution in [3.8, 4) is 0 Å². The van der Waals surface area contributed by atoms with E-state index >= 15 is 0 Å². The van der Waals surface area contributed by atoms with E-state index in [9.17, 15) is 44.3 Å². The molecule has 0 aromatic carbocycles. The number of rotatable bonds is 3. The Morgan fingerprint density at radius 1 is 0.952 bits per heavy atom. The number of nitrogens with zero attached hydrogens (tertiary/aromatic N) is 1. The fourth-order valence-corrected chi connectivity index (χ4v) is 1.07. The molecule has 1 N–H and O–H groups in total. The van der Waals surface area contributed by atoms with E-state index in [0.29, 0.717) is 0 Å². The largest absolute Gasteiger partial charge is 0.460 e. The maximum absolute atomic E-state index is 12.9. The number of nitrogens with one attached hydrogen (secondary N) is 1. The number of hydrogen-bond donors (Lipinski definition) is 1. The first-order chi connectivity index (χ1) is 9.29. The molecule has 1 aromatic heterocycles. The Labute approximate surface area is 109 Å². The molecule has 0 aliphatic rings. The van der Waals surface area contributed by atoms with Crippen molar-refractivity contribution in [2.45, 2.75) is 18.0 Å². The monoisotopic (exact) mass is 326 g/mol. The van der Waals surface area contributed by atoms with E-state index in [1.165, 1.54) is 0 Å². The highest BCUT2D eigenvalue weighted by atomic mass is 19.4. The predicted molar refractivity (Wildman–Crippen MR) is 48.7 cm³/mol. The summed E-state index contributed by atoms with van der Waals surface area (Å²) in [6.45, 7) is 0. The third kappa shape index (κ3) is 3.19. The highest BCUT2D eigenvalue weighted by Gasteiger charge is 2.76. The van der Waals surface area contributed by atoms with Gasteiger partial charge in [-0.25, -0.2) is 0 Å². The summed E-state index contributed by atoms with van der Waals surface area (Å²) in [6.07, 6.45) is -6.71. The summed E-state index contributed by atoms with van der Waals surface area (Å²) in [7, 11) is 0. The van der Waals surface area contributed by atoms with Crippen LogP contribution in [0.4, 0.5) is 45.2 Å². The first-order valence-corrected chi connectivity index (χ1v) is 4.76. The van der Waals surface area contributed by atoms with Crippen LogP contribution in [0.15, 0.2) is 12.1 Å². The minimum absolute atomic E-state index is 0.142. The maximum atomic E-state index is 12.9. The van der Waals surface area contributed by atoms with Crippen LogP contribution in [0.5, 0.6) is 0 Å². The van der Waals surface area contributed by atoms with E-state index < -0.39 is 41.5 Å². The zero-order valence-corrected chi connectivity index (χ0v) is 9.41. The van der Waals surface area contributed by atoms with E-state index in [0.717, 1.165) is 5.32 Å². The smallest absolute Gasteiger partial charge is 0.320 e. The van der Waals surface area contributed by atoms with Crippen molar-refractivity contribution < 1.29 is 44.3 Å². The summed E-state index contributed by atoms with van der Waals surface area (Å²) >= 11 is 0. The Bertz CT molecular complexity index is 534. The maximum Gasteiger partial charge on any atom is 0.460 e. The van der Waals surface area contributed by atoms with Gasteiger partial charge in [-0.15, -0.1) is 0 Å². The number of halogens is 9. The van der Waals surface area contributed by atoms with Crippen LogP contribution in [0.2, 0.25) is 0 Å². The number of amides is 1. The van der Waals surface area contributed by atoms with Crippen molar-refractivity contribution in [1.29, 1.82) is 0 Å². The van der Waals surface area contributed by atoms with Gasteiger partial charge in [0.2, 0.25) is 11.9 Å². The molecule has 0 saturated heterocycles. The van der Waals surface area contributed by atoms with Gasteiger partial charge in [-0.05, 0) is 0 Å². The molecule has 118 valence electrons. The molecule has 0 fully saturated rings. The van der Waals surface area contributed by atoms with E-state index in [2.05, 4.69) is 4.98 Å². The standard InChI is InChI=1S/C9H3F9N2O/c10-4-1-3(2-5(11)20-4)19-6(21)7(12,13)8(14,15)9(16,17)18/h1-2H,(H,19,20,21). The molecule has 21 heavy (non-hydrogen) atoms. The number of pyridine rings is 1. The zero-order chi connectivity index (χ0) is 16.6. The predicted octanol–water partition coefficient (Wildman–Crippen LogP) is 3.13. The van der Waals surface area contributed by atoms with E-state index in [1.807, 2.05) is 0 Å². The Balaban J connectivity index is 3.07. The third-order valence-electron chi connectivity index (χ3n) is 2.06. The number of hydrogen-bond acceptors (Lipinski definition) is 2. The van der Waals surface area contributed by atoms with Gasteiger partial charge >= 0.3 is 23.9 Å². The molecule has 1 rings (SSSR count). The molecule has 1 aromatic rings. The second-order valence-electron chi connectivity index (χ2n) is 3.60. The molecular weight excluding hydrogens is 323 g/mol. The molecule has 1 heterocycles. The first-order valence-electron chi connectivity index (χ1n) is 4.76. The summed E-state index contributed by atoms with van der Waals surface area (Å²) in [5.74, 6) is -19.2. The molecule has 0 bridgehead atoms. The molecule has 0 aliphatic heterocycles. The fraction of sp³-hybridized carbons (Fsp3) is 0.333. The number of aromatic nitrogens is 1.